The highest BCUT2D eigenvalue weighted by Crippen LogP contribution is 2.19. The summed E-state index contributed by atoms with van der Waals surface area (Å²) in [6, 6.07) is 11.2. The summed E-state index contributed by atoms with van der Waals surface area (Å²) in [5, 5.41) is 5.03. The van der Waals surface area contributed by atoms with Crippen LogP contribution in [0.1, 0.15) is 51.5 Å². The van der Waals surface area contributed by atoms with Crippen LogP contribution >= 0.6 is 0 Å². The van der Waals surface area contributed by atoms with E-state index in [0.717, 1.165) is 18.5 Å². The van der Waals surface area contributed by atoms with Gasteiger partial charge < -0.3 is 5.32 Å². The second kappa shape index (κ2) is 8.78. The van der Waals surface area contributed by atoms with Crippen LogP contribution in [0.15, 0.2) is 36.5 Å². The topological polar surface area (TPSA) is 24.9 Å². The quantitative estimate of drug-likeness (QED) is 0.674. The van der Waals surface area contributed by atoms with Crippen molar-refractivity contribution in [2.75, 3.05) is 6.54 Å². The van der Waals surface area contributed by atoms with Crippen molar-refractivity contribution in [1.82, 2.24) is 10.3 Å². The van der Waals surface area contributed by atoms with Crippen LogP contribution in [0.5, 0.6) is 0 Å². The van der Waals surface area contributed by atoms with Gasteiger partial charge in [0.25, 0.3) is 0 Å². The monoisotopic (exact) mass is 284 g/mol. The minimum atomic E-state index is 0.585. The van der Waals surface area contributed by atoms with Crippen LogP contribution in [0.3, 0.4) is 0 Å². The molecular weight excluding hydrogens is 256 g/mol. The average molecular weight is 284 g/mol. The van der Waals surface area contributed by atoms with Gasteiger partial charge in [-0.3, -0.25) is 4.98 Å². The second-order valence-electron chi connectivity index (χ2n) is 5.84. The highest BCUT2D eigenvalue weighted by molar-refractivity contribution is 5.81. The largest absolute Gasteiger partial charge is 0.314 e. The van der Waals surface area contributed by atoms with E-state index in [-0.39, 0.29) is 0 Å². The molecule has 21 heavy (non-hydrogen) atoms. The van der Waals surface area contributed by atoms with E-state index in [1.165, 1.54) is 43.1 Å². The van der Waals surface area contributed by atoms with E-state index in [0.29, 0.717) is 6.04 Å². The number of fused-ring (bicyclic) bond motifs is 1. The van der Waals surface area contributed by atoms with Crippen LogP contribution < -0.4 is 5.32 Å². The predicted molar refractivity (Wildman–Crippen MR) is 91.7 cm³/mol. The number of hydrogen-bond donors (Lipinski definition) is 1. The molecule has 0 bridgehead atoms. The van der Waals surface area contributed by atoms with Crippen LogP contribution in [0, 0.1) is 0 Å². The Kier molecular flexibility index (Phi) is 6.68. The van der Waals surface area contributed by atoms with E-state index in [1.54, 1.807) is 0 Å². The summed E-state index contributed by atoms with van der Waals surface area (Å²) < 4.78 is 0. The zero-order valence-corrected chi connectivity index (χ0v) is 13.4. The lowest BCUT2D eigenvalue weighted by Crippen LogP contribution is -2.31. The fourth-order valence-corrected chi connectivity index (χ4v) is 2.86. The smallest absolute Gasteiger partial charge is 0.0704 e. The van der Waals surface area contributed by atoms with Gasteiger partial charge in [0.2, 0.25) is 0 Å². The maximum atomic E-state index is 4.47. The first-order chi connectivity index (χ1) is 10.3. The lowest BCUT2D eigenvalue weighted by atomic mass is 9.98. The normalized spacial score (nSPS) is 12.7. The Bertz CT molecular complexity index is 531. The Morgan fingerprint density at radius 1 is 1.05 bits per heavy atom. The number of pyridine rings is 1. The molecule has 0 aliphatic carbocycles. The Hall–Kier alpha value is -1.41. The van der Waals surface area contributed by atoms with Gasteiger partial charge in [0, 0.05) is 17.6 Å². The highest BCUT2D eigenvalue weighted by atomic mass is 14.9. The Morgan fingerprint density at radius 3 is 2.71 bits per heavy atom. The van der Waals surface area contributed by atoms with Gasteiger partial charge in [-0.25, -0.2) is 0 Å². The molecule has 2 aromatic rings. The van der Waals surface area contributed by atoms with Gasteiger partial charge in [0.15, 0.2) is 0 Å². The van der Waals surface area contributed by atoms with Crippen molar-refractivity contribution >= 4 is 10.9 Å². The Labute approximate surface area is 129 Å². The molecular formula is C19H28N2. The summed E-state index contributed by atoms with van der Waals surface area (Å²) in [7, 11) is 0. The molecule has 0 saturated carbocycles. The zero-order valence-electron chi connectivity index (χ0n) is 13.4. The maximum Gasteiger partial charge on any atom is 0.0704 e. The van der Waals surface area contributed by atoms with Gasteiger partial charge in [-0.2, -0.15) is 0 Å². The van der Waals surface area contributed by atoms with Crippen LogP contribution in [0.4, 0.5) is 0 Å². The summed E-state index contributed by atoms with van der Waals surface area (Å²) in [4.78, 5) is 4.47. The van der Waals surface area contributed by atoms with Crippen molar-refractivity contribution in [3.8, 4) is 0 Å². The molecule has 1 heterocycles. The number of rotatable bonds is 9. The molecule has 1 aromatic carbocycles. The Morgan fingerprint density at radius 2 is 1.90 bits per heavy atom. The van der Waals surface area contributed by atoms with E-state index in [9.17, 15) is 0 Å². The molecule has 2 nitrogen and oxygen atoms in total. The molecule has 0 fully saturated rings. The van der Waals surface area contributed by atoms with Crippen molar-refractivity contribution in [2.24, 2.45) is 0 Å². The van der Waals surface area contributed by atoms with Crippen LogP contribution in [0.2, 0.25) is 0 Å². The summed E-state index contributed by atoms with van der Waals surface area (Å²) in [5.74, 6) is 0. The lowest BCUT2D eigenvalue weighted by molar-refractivity contribution is 0.457. The Balaban J connectivity index is 2.09. The summed E-state index contributed by atoms with van der Waals surface area (Å²) in [6.45, 7) is 5.61. The highest BCUT2D eigenvalue weighted by Gasteiger charge is 2.10. The molecule has 1 atom stereocenters. The summed E-state index contributed by atoms with van der Waals surface area (Å²) in [6.07, 6.45) is 9.46. The number of aromatic nitrogens is 1. The number of nitrogens with zero attached hydrogens (tertiary/aromatic N) is 1. The minimum Gasteiger partial charge on any atom is -0.314 e. The first kappa shape index (κ1) is 16.0. The second-order valence-corrected chi connectivity index (χ2v) is 5.84. The standard InChI is InChI=1S/C19H28N2/c1-3-5-6-9-17(20-13-4-2)15-16-12-14-21-19-11-8-7-10-18(16)19/h7-8,10-12,14,17,20H,3-6,9,13,15H2,1-2H3. The number of para-hydroxylation sites is 1. The van der Waals surface area contributed by atoms with Gasteiger partial charge in [0.05, 0.1) is 5.52 Å². The third-order valence-electron chi connectivity index (χ3n) is 4.04. The van der Waals surface area contributed by atoms with Gasteiger partial charge >= 0.3 is 0 Å². The molecule has 2 heteroatoms. The van der Waals surface area contributed by atoms with Crippen molar-refractivity contribution in [3.05, 3.63) is 42.1 Å². The van der Waals surface area contributed by atoms with E-state index >= 15 is 0 Å². The zero-order chi connectivity index (χ0) is 14.9. The first-order valence-electron chi connectivity index (χ1n) is 8.41. The lowest BCUT2D eigenvalue weighted by Gasteiger charge is -2.19. The minimum absolute atomic E-state index is 0.585. The van der Waals surface area contributed by atoms with Gasteiger partial charge in [-0.15, -0.1) is 0 Å². The molecule has 0 aliphatic heterocycles. The molecule has 1 unspecified atom stereocenters. The third-order valence-corrected chi connectivity index (χ3v) is 4.04. The number of benzene rings is 1. The molecule has 114 valence electrons. The molecule has 1 N–H and O–H groups in total. The van der Waals surface area contributed by atoms with Gasteiger partial charge in [0.1, 0.15) is 0 Å². The van der Waals surface area contributed by atoms with E-state index in [2.05, 4.69) is 54.5 Å². The number of unbranched alkanes of at least 4 members (excludes halogenated alkanes) is 2. The van der Waals surface area contributed by atoms with Crippen molar-refractivity contribution in [2.45, 2.75) is 58.4 Å². The van der Waals surface area contributed by atoms with Crippen molar-refractivity contribution in [1.29, 1.82) is 0 Å². The van der Waals surface area contributed by atoms with Crippen LogP contribution in [-0.4, -0.2) is 17.6 Å². The maximum absolute atomic E-state index is 4.47. The van der Waals surface area contributed by atoms with Crippen LogP contribution in [0.25, 0.3) is 10.9 Å². The van der Waals surface area contributed by atoms with Crippen molar-refractivity contribution < 1.29 is 0 Å². The molecule has 2 rings (SSSR count). The molecule has 0 saturated heterocycles. The van der Waals surface area contributed by atoms with Gasteiger partial charge in [-0.05, 0) is 43.5 Å². The summed E-state index contributed by atoms with van der Waals surface area (Å²) in [5.41, 5.74) is 2.53. The molecule has 0 spiro atoms. The SMILES string of the molecule is CCCCCC(Cc1ccnc2ccccc12)NCCC. The number of hydrogen-bond acceptors (Lipinski definition) is 2. The number of nitrogens with one attached hydrogen (secondary N) is 1. The predicted octanol–water partition coefficient (Wildman–Crippen LogP) is 4.73. The molecule has 0 radical (unpaired) electrons. The van der Waals surface area contributed by atoms with Crippen molar-refractivity contribution in [3.63, 3.8) is 0 Å². The first-order valence-corrected chi connectivity index (χ1v) is 8.41. The molecule has 0 aliphatic rings. The van der Waals surface area contributed by atoms with E-state index < -0.39 is 0 Å². The fourth-order valence-electron chi connectivity index (χ4n) is 2.86. The molecule has 0 amide bonds. The van der Waals surface area contributed by atoms with Gasteiger partial charge in [-0.1, -0.05) is 51.3 Å². The third kappa shape index (κ3) is 4.82. The van der Waals surface area contributed by atoms with E-state index in [4.69, 9.17) is 0 Å². The van der Waals surface area contributed by atoms with E-state index in [1.807, 2.05) is 6.20 Å². The fraction of sp³-hybridized carbons (Fsp3) is 0.526. The van der Waals surface area contributed by atoms with Crippen LogP contribution in [-0.2, 0) is 6.42 Å². The molecule has 1 aromatic heterocycles. The summed E-state index contributed by atoms with van der Waals surface area (Å²) >= 11 is 0. The average Bonchev–Trinajstić information content (AvgIpc) is 2.53.